The number of fused-ring (bicyclic) bond motifs is 1. The molecule has 3 N–H and O–H groups in total. The van der Waals surface area contributed by atoms with E-state index in [1.54, 1.807) is 6.07 Å². The van der Waals surface area contributed by atoms with Crippen LogP contribution in [0, 0.1) is 0 Å². The van der Waals surface area contributed by atoms with Gasteiger partial charge in [-0.25, -0.2) is 5.43 Å². The van der Waals surface area contributed by atoms with E-state index in [0.717, 1.165) is 11.0 Å². The number of halogens is 1. The SMILES string of the molecule is CCOC(OCC)C(NN)c1cc2cc(Cl)ccc2o1. The van der Waals surface area contributed by atoms with Gasteiger partial charge in [0.1, 0.15) is 17.4 Å². The minimum Gasteiger partial charge on any atom is -0.459 e. The number of rotatable bonds is 7. The first kappa shape index (κ1) is 15.3. The number of hydrogen-bond donors (Lipinski definition) is 2. The molecular formula is C14H19ClN2O3. The van der Waals surface area contributed by atoms with Gasteiger partial charge >= 0.3 is 0 Å². The lowest BCUT2D eigenvalue weighted by Crippen LogP contribution is -2.39. The van der Waals surface area contributed by atoms with Crippen molar-refractivity contribution in [1.82, 2.24) is 5.43 Å². The normalized spacial score (nSPS) is 13.2. The summed E-state index contributed by atoms with van der Waals surface area (Å²) in [6, 6.07) is 6.95. The number of nitrogens with one attached hydrogen (secondary N) is 1. The average molecular weight is 299 g/mol. The molecule has 1 aromatic carbocycles. The maximum Gasteiger partial charge on any atom is 0.181 e. The third-order valence-electron chi connectivity index (χ3n) is 2.92. The van der Waals surface area contributed by atoms with Crippen LogP contribution in [0.15, 0.2) is 28.7 Å². The van der Waals surface area contributed by atoms with Crippen molar-refractivity contribution in [3.63, 3.8) is 0 Å². The summed E-state index contributed by atoms with van der Waals surface area (Å²) in [4.78, 5) is 0. The summed E-state index contributed by atoms with van der Waals surface area (Å²) >= 11 is 5.97. The van der Waals surface area contributed by atoms with Crippen LogP contribution in [0.5, 0.6) is 0 Å². The van der Waals surface area contributed by atoms with Crippen LogP contribution in [-0.2, 0) is 9.47 Å². The molecule has 1 atom stereocenters. The zero-order valence-corrected chi connectivity index (χ0v) is 12.3. The van der Waals surface area contributed by atoms with E-state index in [4.69, 9.17) is 31.3 Å². The topological polar surface area (TPSA) is 69.7 Å². The number of nitrogens with two attached hydrogens (primary N) is 1. The van der Waals surface area contributed by atoms with Crippen molar-refractivity contribution >= 4 is 22.6 Å². The molecule has 0 amide bonds. The van der Waals surface area contributed by atoms with E-state index in [9.17, 15) is 0 Å². The summed E-state index contributed by atoms with van der Waals surface area (Å²) in [6.07, 6.45) is -0.508. The van der Waals surface area contributed by atoms with E-state index < -0.39 is 6.29 Å². The van der Waals surface area contributed by atoms with Gasteiger partial charge in [-0.1, -0.05) is 11.6 Å². The Bertz CT molecular complexity index is 552. The van der Waals surface area contributed by atoms with E-state index >= 15 is 0 Å². The molecule has 2 aromatic rings. The largest absolute Gasteiger partial charge is 0.459 e. The van der Waals surface area contributed by atoms with Crippen LogP contribution in [0.4, 0.5) is 0 Å². The van der Waals surface area contributed by atoms with Gasteiger partial charge in [-0.2, -0.15) is 0 Å². The summed E-state index contributed by atoms with van der Waals surface area (Å²) in [5.74, 6) is 6.27. The zero-order chi connectivity index (χ0) is 14.5. The summed E-state index contributed by atoms with van der Waals surface area (Å²) in [5, 5.41) is 1.58. The molecule has 2 rings (SSSR count). The van der Waals surface area contributed by atoms with Crippen molar-refractivity contribution in [2.24, 2.45) is 5.84 Å². The first-order chi connectivity index (χ1) is 9.69. The molecule has 0 aliphatic carbocycles. The zero-order valence-electron chi connectivity index (χ0n) is 11.6. The Hall–Kier alpha value is -1.11. The van der Waals surface area contributed by atoms with Crippen molar-refractivity contribution in [2.45, 2.75) is 26.2 Å². The van der Waals surface area contributed by atoms with Crippen molar-refractivity contribution in [3.05, 3.63) is 35.0 Å². The number of ether oxygens (including phenoxy) is 2. The van der Waals surface area contributed by atoms with Crippen LogP contribution in [0.2, 0.25) is 5.02 Å². The third-order valence-corrected chi connectivity index (χ3v) is 3.15. The Labute approximate surface area is 122 Å². The maximum atomic E-state index is 5.97. The molecule has 1 heterocycles. The van der Waals surface area contributed by atoms with E-state index in [-0.39, 0.29) is 6.04 Å². The van der Waals surface area contributed by atoms with Crippen LogP contribution in [-0.4, -0.2) is 19.5 Å². The maximum absolute atomic E-state index is 5.97. The summed E-state index contributed by atoms with van der Waals surface area (Å²) in [7, 11) is 0. The second-order valence-electron chi connectivity index (χ2n) is 4.25. The average Bonchev–Trinajstić information content (AvgIpc) is 2.82. The molecule has 0 saturated heterocycles. The molecule has 0 fully saturated rings. The summed E-state index contributed by atoms with van der Waals surface area (Å²) in [5.41, 5.74) is 3.43. The molecule has 1 aromatic heterocycles. The monoisotopic (exact) mass is 298 g/mol. The number of hydrogen-bond acceptors (Lipinski definition) is 5. The fraction of sp³-hybridized carbons (Fsp3) is 0.429. The highest BCUT2D eigenvalue weighted by molar-refractivity contribution is 6.31. The van der Waals surface area contributed by atoms with Gasteiger partial charge in [0.25, 0.3) is 0 Å². The fourth-order valence-electron chi connectivity index (χ4n) is 2.05. The Morgan fingerprint density at radius 1 is 1.25 bits per heavy atom. The van der Waals surface area contributed by atoms with Gasteiger partial charge in [-0.3, -0.25) is 5.84 Å². The lowest BCUT2D eigenvalue weighted by atomic mass is 10.2. The van der Waals surface area contributed by atoms with Crippen molar-refractivity contribution in [2.75, 3.05) is 13.2 Å². The van der Waals surface area contributed by atoms with Gasteiger partial charge in [-0.15, -0.1) is 0 Å². The number of hydrazine groups is 1. The molecular weight excluding hydrogens is 280 g/mol. The highest BCUT2D eigenvalue weighted by Crippen LogP contribution is 2.28. The van der Waals surface area contributed by atoms with Crippen molar-refractivity contribution in [1.29, 1.82) is 0 Å². The van der Waals surface area contributed by atoms with Crippen LogP contribution >= 0.6 is 11.6 Å². The lowest BCUT2D eigenvalue weighted by molar-refractivity contribution is -0.157. The fourth-order valence-corrected chi connectivity index (χ4v) is 2.23. The quantitative estimate of drug-likeness (QED) is 0.467. The van der Waals surface area contributed by atoms with E-state index in [1.165, 1.54) is 0 Å². The third kappa shape index (κ3) is 3.31. The van der Waals surface area contributed by atoms with Gasteiger partial charge in [0.15, 0.2) is 6.29 Å². The molecule has 110 valence electrons. The van der Waals surface area contributed by atoms with Gasteiger partial charge in [0.05, 0.1) is 0 Å². The second-order valence-corrected chi connectivity index (χ2v) is 4.69. The van der Waals surface area contributed by atoms with Crippen LogP contribution < -0.4 is 11.3 Å². The van der Waals surface area contributed by atoms with Crippen LogP contribution in [0.1, 0.15) is 25.6 Å². The Kier molecular flexibility index (Phi) is 5.39. The standard InChI is InChI=1S/C14H19ClN2O3/c1-3-18-14(19-4-2)13(17-16)12-8-9-7-10(15)5-6-11(9)20-12/h5-8,13-14,17H,3-4,16H2,1-2H3. The highest BCUT2D eigenvalue weighted by Gasteiger charge is 2.26. The molecule has 0 aliphatic rings. The van der Waals surface area contributed by atoms with Gasteiger partial charge in [-0.05, 0) is 38.1 Å². The molecule has 20 heavy (non-hydrogen) atoms. The van der Waals surface area contributed by atoms with Crippen LogP contribution in [0.25, 0.3) is 11.0 Å². The number of benzene rings is 1. The Morgan fingerprint density at radius 2 is 1.95 bits per heavy atom. The van der Waals surface area contributed by atoms with E-state index in [2.05, 4.69) is 5.43 Å². The molecule has 0 aliphatic heterocycles. The van der Waals surface area contributed by atoms with Crippen LogP contribution in [0.3, 0.4) is 0 Å². The Balaban J connectivity index is 2.31. The lowest BCUT2D eigenvalue weighted by Gasteiger charge is -2.24. The first-order valence-corrected chi connectivity index (χ1v) is 6.95. The summed E-state index contributed by atoms with van der Waals surface area (Å²) < 4.78 is 16.9. The van der Waals surface area contributed by atoms with E-state index in [1.807, 2.05) is 32.0 Å². The molecule has 1 unspecified atom stereocenters. The van der Waals surface area contributed by atoms with Crippen molar-refractivity contribution < 1.29 is 13.9 Å². The van der Waals surface area contributed by atoms with Gasteiger partial charge < -0.3 is 13.9 Å². The molecule has 6 heteroatoms. The predicted molar refractivity (Wildman–Crippen MR) is 78.3 cm³/mol. The molecule has 0 bridgehead atoms. The van der Waals surface area contributed by atoms with E-state index in [0.29, 0.717) is 24.0 Å². The molecule has 0 saturated carbocycles. The first-order valence-electron chi connectivity index (χ1n) is 6.57. The van der Waals surface area contributed by atoms with Gasteiger partial charge in [0, 0.05) is 23.6 Å². The van der Waals surface area contributed by atoms with Crippen molar-refractivity contribution in [3.8, 4) is 0 Å². The predicted octanol–water partition coefficient (Wildman–Crippen LogP) is 2.99. The number of furan rings is 1. The minimum atomic E-state index is -0.508. The second kappa shape index (κ2) is 7.06. The molecule has 0 spiro atoms. The molecule has 0 radical (unpaired) electrons. The molecule has 5 nitrogen and oxygen atoms in total. The van der Waals surface area contributed by atoms with Gasteiger partial charge in [0.2, 0.25) is 0 Å². The Morgan fingerprint density at radius 3 is 2.55 bits per heavy atom. The summed E-state index contributed by atoms with van der Waals surface area (Å²) in [6.45, 7) is 4.85. The minimum absolute atomic E-state index is 0.388. The smallest absolute Gasteiger partial charge is 0.181 e. The highest BCUT2D eigenvalue weighted by atomic mass is 35.5.